The van der Waals surface area contributed by atoms with Gasteiger partial charge in [0.25, 0.3) is 0 Å². The van der Waals surface area contributed by atoms with Crippen molar-refractivity contribution in [3.05, 3.63) is 66.1 Å². The predicted octanol–water partition coefficient (Wildman–Crippen LogP) is 3.86. The molecule has 1 atom stereocenters. The monoisotopic (exact) mass is 451 g/mol. The van der Waals surface area contributed by atoms with Crippen LogP contribution in [0.15, 0.2) is 53.4 Å². The fourth-order valence-corrected chi connectivity index (χ4v) is 3.76. The van der Waals surface area contributed by atoms with Gasteiger partial charge in [-0.1, -0.05) is 23.4 Å². The molecule has 1 aromatic carbocycles. The molecule has 10 heteroatoms. The van der Waals surface area contributed by atoms with E-state index in [1.807, 2.05) is 6.92 Å². The maximum atomic E-state index is 14.4. The smallest absolute Gasteiger partial charge is 0.183 e. The third-order valence-electron chi connectivity index (χ3n) is 5.88. The third-order valence-corrected chi connectivity index (χ3v) is 5.88. The molecule has 0 aliphatic heterocycles. The number of benzene rings is 1. The van der Waals surface area contributed by atoms with Gasteiger partial charge in [-0.25, -0.2) is 18.7 Å². The minimum Gasteiger partial charge on any atom is -0.366 e. The first kappa shape index (κ1) is 21.2. The second kappa shape index (κ2) is 8.36. The summed E-state index contributed by atoms with van der Waals surface area (Å²) in [5.41, 5.74) is 7.86. The number of nitrogens with one attached hydrogen (secondary N) is 1. The summed E-state index contributed by atoms with van der Waals surface area (Å²) in [4.78, 5) is 8.45. The van der Waals surface area contributed by atoms with Gasteiger partial charge in [0.15, 0.2) is 17.5 Å². The normalized spacial score (nSPS) is 15.4. The highest BCUT2D eigenvalue weighted by Crippen LogP contribution is 2.38. The molecular formula is C23H23F2N7O. The minimum atomic E-state index is -0.576. The number of nitrogens with zero attached hydrogens (tertiary/aromatic N) is 5. The fraction of sp³-hybridized carbons (Fsp3) is 0.304. The van der Waals surface area contributed by atoms with E-state index < -0.39 is 11.4 Å². The van der Waals surface area contributed by atoms with Gasteiger partial charge in [0.2, 0.25) is 0 Å². The Kier molecular flexibility index (Phi) is 5.37. The number of hydrogen-bond acceptors (Lipinski definition) is 7. The van der Waals surface area contributed by atoms with Crippen molar-refractivity contribution < 1.29 is 13.3 Å². The molecule has 3 N–H and O–H groups in total. The summed E-state index contributed by atoms with van der Waals surface area (Å²) in [6, 6.07) is 9.85. The average molecular weight is 451 g/mol. The third kappa shape index (κ3) is 4.47. The van der Waals surface area contributed by atoms with E-state index in [1.165, 1.54) is 12.3 Å². The van der Waals surface area contributed by atoms with Crippen LogP contribution in [0, 0.1) is 17.6 Å². The van der Waals surface area contributed by atoms with Gasteiger partial charge in [-0.05, 0) is 37.8 Å². The molecule has 3 aromatic heterocycles. The summed E-state index contributed by atoms with van der Waals surface area (Å²) in [7, 11) is 0. The van der Waals surface area contributed by atoms with Crippen LogP contribution >= 0.6 is 0 Å². The highest BCUT2D eigenvalue weighted by Gasteiger charge is 2.38. The first-order valence-corrected chi connectivity index (χ1v) is 10.7. The second-order valence-electron chi connectivity index (χ2n) is 8.57. The summed E-state index contributed by atoms with van der Waals surface area (Å²) >= 11 is 0. The summed E-state index contributed by atoms with van der Waals surface area (Å²) in [6.07, 6.45) is 4.70. The molecule has 5 rings (SSSR count). The summed E-state index contributed by atoms with van der Waals surface area (Å²) in [5, 5.41) is 11.5. The van der Waals surface area contributed by atoms with Gasteiger partial charge in [0, 0.05) is 23.7 Å². The Morgan fingerprint density at radius 2 is 2.00 bits per heavy atom. The molecule has 3 heterocycles. The molecule has 1 saturated carbocycles. The first-order chi connectivity index (χ1) is 15.9. The first-order valence-electron chi connectivity index (χ1n) is 10.7. The fourth-order valence-electron chi connectivity index (χ4n) is 3.76. The van der Waals surface area contributed by atoms with Crippen molar-refractivity contribution >= 4 is 5.82 Å². The van der Waals surface area contributed by atoms with E-state index in [1.54, 1.807) is 35.0 Å². The van der Waals surface area contributed by atoms with Crippen LogP contribution in [0.3, 0.4) is 0 Å². The standard InChI is InChI=1S/C23H23F2N7O/c1-23(26,15-6-7-15)13-28-21-17(25)11-27-22(29-21)19-10-20(18-8-9-33-31-18)32(30-19)12-14-4-2-3-5-16(14)24/h2-5,8-11,15H,6-7,12-13,26H2,1H3,(H,27,28,29). The van der Waals surface area contributed by atoms with E-state index in [0.717, 1.165) is 19.0 Å². The van der Waals surface area contributed by atoms with Crippen LogP contribution in [0.5, 0.6) is 0 Å². The lowest BCUT2D eigenvalue weighted by Crippen LogP contribution is -2.45. The van der Waals surface area contributed by atoms with Crippen molar-refractivity contribution in [2.75, 3.05) is 11.9 Å². The molecule has 1 fully saturated rings. The van der Waals surface area contributed by atoms with Crippen molar-refractivity contribution in [2.24, 2.45) is 11.7 Å². The molecule has 1 aliphatic rings. The molecule has 1 aliphatic carbocycles. The van der Waals surface area contributed by atoms with Crippen molar-refractivity contribution in [1.29, 1.82) is 0 Å². The molecular weight excluding hydrogens is 428 g/mol. The van der Waals surface area contributed by atoms with E-state index in [4.69, 9.17) is 10.3 Å². The summed E-state index contributed by atoms with van der Waals surface area (Å²) < 4.78 is 35.2. The largest absolute Gasteiger partial charge is 0.366 e. The summed E-state index contributed by atoms with van der Waals surface area (Å²) in [6.45, 7) is 2.50. The van der Waals surface area contributed by atoms with Crippen molar-refractivity contribution in [3.8, 4) is 22.9 Å². The highest BCUT2D eigenvalue weighted by atomic mass is 19.1. The number of rotatable bonds is 8. The second-order valence-corrected chi connectivity index (χ2v) is 8.57. The van der Waals surface area contributed by atoms with Gasteiger partial charge in [0.05, 0.1) is 18.4 Å². The summed E-state index contributed by atoms with van der Waals surface area (Å²) in [5.74, 6) is -0.211. The van der Waals surface area contributed by atoms with Crippen LogP contribution in [0.1, 0.15) is 25.3 Å². The van der Waals surface area contributed by atoms with E-state index >= 15 is 0 Å². The molecule has 0 spiro atoms. The molecule has 8 nitrogen and oxygen atoms in total. The SMILES string of the molecule is CC(N)(CNc1nc(-c2cc(-c3ccon3)n(Cc3ccccc3F)n2)ncc1F)C1CC1. The molecule has 33 heavy (non-hydrogen) atoms. The van der Waals surface area contributed by atoms with Crippen LogP contribution in [0.25, 0.3) is 22.9 Å². The zero-order chi connectivity index (χ0) is 23.0. The number of anilines is 1. The highest BCUT2D eigenvalue weighted by molar-refractivity contribution is 5.63. The molecule has 0 radical (unpaired) electrons. The average Bonchev–Trinajstić information content (AvgIpc) is 3.38. The molecule has 1 unspecified atom stereocenters. The van der Waals surface area contributed by atoms with Crippen LogP contribution in [-0.4, -0.2) is 37.0 Å². The zero-order valence-electron chi connectivity index (χ0n) is 18.0. The van der Waals surface area contributed by atoms with Crippen molar-refractivity contribution in [2.45, 2.75) is 31.8 Å². The van der Waals surface area contributed by atoms with Crippen LogP contribution in [0.2, 0.25) is 0 Å². The lowest BCUT2D eigenvalue weighted by Gasteiger charge is -2.25. The van der Waals surface area contributed by atoms with Gasteiger partial charge in [-0.15, -0.1) is 0 Å². The molecule has 0 saturated heterocycles. The predicted molar refractivity (Wildman–Crippen MR) is 118 cm³/mol. The van der Waals surface area contributed by atoms with E-state index in [9.17, 15) is 8.78 Å². The maximum Gasteiger partial charge on any atom is 0.183 e. The van der Waals surface area contributed by atoms with Gasteiger partial charge in [-0.2, -0.15) is 5.10 Å². The Morgan fingerprint density at radius 1 is 1.18 bits per heavy atom. The number of aromatic nitrogens is 5. The molecule has 170 valence electrons. The maximum absolute atomic E-state index is 14.4. The Labute approximate surface area is 188 Å². The number of halogens is 2. The van der Waals surface area contributed by atoms with Crippen molar-refractivity contribution in [3.63, 3.8) is 0 Å². The van der Waals surface area contributed by atoms with Crippen LogP contribution in [0.4, 0.5) is 14.6 Å². The van der Waals surface area contributed by atoms with Crippen LogP contribution < -0.4 is 11.1 Å². The van der Waals surface area contributed by atoms with E-state index in [0.29, 0.717) is 35.1 Å². The van der Waals surface area contributed by atoms with Crippen LogP contribution in [-0.2, 0) is 6.54 Å². The molecule has 0 bridgehead atoms. The number of hydrogen-bond donors (Lipinski definition) is 2. The van der Waals surface area contributed by atoms with E-state index in [2.05, 4.69) is 25.5 Å². The Hall–Kier alpha value is -3.66. The Balaban J connectivity index is 1.47. The molecule has 0 amide bonds. The zero-order valence-corrected chi connectivity index (χ0v) is 18.0. The lowest BCUT2D eigenvalue weighted by atomic mass is 9.97. The molecule has 4 aromatic rings. The minimum absolute atomic E-state index is 0.0592. The van der Waals surface area contributed by atoms with Gasteiger partial charge in [-0.3, -0.25) is 4.68 Å². The topological polar surface area (TPSA) is 108 Å². The lowest BCUT2D eigenvalue weighted by molar-refractivity contribution is 0.421. The van der Waals surface area contributed by atoms with Crippen molar-refractivity contribution in [1.82, 2.24) is 24.9 Å². The number of nitrogens with two attached hydrogens (primary N) is 1. The quantitative estimate of drug-likeness (QED) is 0.419. The van der Waals surface area contributed by atoms with Gasteiger partial charge >= 0.3 is 0 Å². The van der Waals surface area contributed by atoms with Gasteiger partial charge < -0.3 is 15.6 Å². The van der Waals surface area contributed by atoms with E-state index in [-0.39, 0.29) is 24.0 Å². The Morgan fingerprint density at radius 3 is 2.73 bits per heavy atom. The van der Waals surface area contributed by atoms with Gasteiger partial charge in [0.1, 0.15) is 23.5 Å². The Bertz CT molecular complexity index is 1270.